The van der Waals surface area contributed by atoms with Gasteiger partial charge in [0.15, 0.2) is 11.5 Å². The van der Waals surface area contributed by atoms with Crippen LogP contribution in [0.25, 0.3) is 0 Å². The highest BCUT2D eigenvalue weighted by Crippen LogP contribution is 2.27. The van der Waals surface area contributed by atoms with E-state index in [2.05, 4.69) is 5.43 Å². The van der Waals surface area contributed by atoms with E-state index in [-0.39, 0.29) is 30.1 Å². The number of phenolic OH excluding ortho intramolecular Hbond substituents is 2. The van der Waals surface area contributed by atoms with E-state index in [4.69, 9.17) is 15.7 Å². The zero-order valence-corrected chi connectivity index (χ0v) is 14.1. The molecule has 0 aromatic heterocycles. The molecule has 0 amide bonds. The maximum Gasteiger partial charge on any atom is 0.335 e. The van der Waals surface area contributed by atoms with Crippen molar-refractivity contribution >= 4 is 11.9 Å². The van der Waals surface area contributed by atoms with Gasteiger partial charge in [-0.2, -0.15) is 0 Å². The van der Waals surface area contributed by atoms with Crippen molar-refractivity contribution in [3.8, 4) is 11.5 Å². The first-order valence-corrected chi connectivity index (χ1v) is 7.73. The number of carboxylic acid groups (broad SMARTS) is 1. The molecule has 2 aromatic carbocycles. The Hall–Kier alpha value is -3.10. The Labute approximate surface area is 149 Å². The van der Waals surface area contributed by atoms with E-state index >= 15 is 0 Å². The number of nitrogens with two attached hydrogens (primary N) is 1. The van der Waals surface area contributed by atoms with Crippen molar-refractivity contribution in [2.75, 3.05) is 0 Å². The van der Waals surface area contributed by atoms with Crippen molar-refractivity contribution in [2.24, 2.45) is 5.84 Å². The van der Waals surface area contributed by atoms with Crippen molar-refractivity contribution in [2.45, 2.75) is 25.5 Å². The molecule has 0 bridgehead atoms. The second-order valence-corrected chi connectivity index (χ2v) is 6.06. The maximum atomic E-state index is 12.5. The lowest BCUT2D eigenvalue weighted by molar-refractivity contribution is -0.152. The number of ether oxygens (including phenoxy) is 1. The molecule has 0 fully saturated rings. The summed E-state index contributed by atoms with van der Waals surface area (Å²) in [5.74, 6) is 3.23. The van der Waals surface area contributed by atoms with Crippen LogP contribution in [0.1, 0.15) is 28.4 Å². The number of nitrogens with one attached hydrogen (secondary N) is 1. The number of aromatic carboxylic acids is 1. The standard InChI is InChI=1S/C18H20N2O6/c1-18(20-19,9-11-5-6-14(21)15(22)8-11)17(25)26-10-12-3-2-4-13(7-12)16(23)24/h2-8,20-22H,9-10,19H2,1H3,(H,23,24)/t18-/m0/s1. The maximum absolute atomic E-state index is 12.5. The molecule has 0 unspecified atom stereocenters. The zero-order valence-electron chi connectivity index (χ0n) is 14.1. The van der Waals surface area contributed by atoms with Gasteiger partial charge in [-0.25, -0.2) is 15.0 Å². The fourth-order valence-corrected chi connectivity index (χ4v) is 2.37. The average molecular weight is 360 g/mol. The van der Waals surface area contributed by atoms with Crippen molar-refractivity contribution in [1.29, 1.82) is 0 Å². The summed E-state index contributed by atoms with van der Waals surface area (Å²) < 4.78 is 5.26. The van der Waals surface area contributed by atoms with Gasteiger partial charge >= 0.3 is 11.9 Å². The highest BCUT2D eigenvalue weighted by atomic mass is 16.5. The SMILES string of the molecule is C[C@@](Cc1ccc(O)c(O)c1)(NN)C(=O)OCc1cccc(C(=O)O)c1. The van der Waals surface area contributed by atoms with Gasteiger partial charge in [-0.3, -0.25) is 5.84 Å². The van der Waals surface area contributed by atoms with E-state index in [0.717, 1.165) is 0 Å². The number of carbonyl (C=O) groups excluding carboxylic acids is 1. The number of phenols is 2. The van der Waals surface area contributed by atoms with E-state index in [0.29, 0.717) is 11.1 Å². The van der Waals surface area contributed by atoms with Crippen LogP contribution in [0.5, 0.6) is 11.5 Å². The number of esters is 1. The normalized spacial score (nSPS) is 13.0. The molecule has 1 atom stereocenters. The highest BCUT2D eigenvalue weighted by molar-refractivity contribution is 5.87. The quantitative estimate of drug-likeness (QED) is 0.215. The van der Waals surface area contributed by atoms with E-state index in [1.807, 2.05) is 0 Å². The lowest BCUT2D eigenvalue weighted by atomic mass is 9.93. The van der Waals surface area contributed by atoms with Gasteiger partial charge in [0.1, 0.15) is 12.1 Å². The summed E-state index contributed by atoms with van der Waals surface area (Å²) in [6.45, 7) is 1.42. The molecule has 0 spiro atoms. The van der Waals surface area contributed by atoms with E-state index in [9.17, 15) is 19.8 Å². The molecular formula is C18H20N2O6. The molecule has 0 aliphatic rings. The first-order valence-electron chi connectivity index (χ1n) is 7.73. The fourth-order valence-electron chi connectivity index (χ4n) is 2.37. The summed E-state index contributed by atoms with van der Waals surface area (Å²) in [5, 5.41) is 27.9. The lowest BCUT2D eigenvalue weighted by Crippen LogP contribution is -2.55. The molecule has 0 saturated carbocycles. The molecule has 26 heavy (non-hydrogen) atoms. The third kappa shape index (κ3) is 4.50. The Morgan fingerprint density at radius 3 is 2.46 bits per heavy atom. The van der Waals surface area contributed by atoms with Crippen LogP contribution in [0.4, 0.5) is 0 Å². The first-order chi connectivity index (χ1) is 12.2. The predicted molar refractivity (Wildman–Crippen MR) is 92.4 cm³/mol. The molecule has 2 aromatic rings. The Morgan fingerprint density at radius 1 is 1.12 bits per heavy atom. The van der Waals surface area contributed by atoms with Gasteiger partial charge in [0.05, 0.1) is 5.56 Å². The molecule has 138 valence electrons. The number of aromatic hydroxyl groups is 2. The smallest absolute Gasteiger partial charge is 0.335 e. The van der Waals surface area contributed by atoms with E-state index < -0.39 is 17.5 Å². The van der Waals surface area contributed by atoms with Crippen LogP contribution in [-0.2, 0) is 22.6 Å². The molecule has 0 aliphatic heterocycles. The molecule has 0 aliphatic carbocycles. The molecule has 8 heteroatoms. The molecule has 0 radical (unpaired) electrons. The largest absolute Gasteiger partial charge is 0.504 e. The van der Waals surface area contributed by atoms with Crippen LogP contribution >= 0.6 is 0 Å². The van der Waals surface area contributed by atoms with Crippen LogP contribution in [0.3, 0.4) is 0 Å². The number of rotatable bonds is 7. The third-order valence-corrected chi connectivity index (χ3v) is 3.91. The number of carbonyl (C=O) groups is 2. The topological polar surface area (TPSA) is 142 Å². The first kappa shape index (κ1) is 19.2. The summed E-state index contributed by atoms with van der Waals surface area (Å²) in [5.41, 5.74) is 2.31. The monoisotopic (exact) mass is 360 g/mol. The number of hydrazine groups is 1. The minimum atomic E-state index is -1.28. The van der Waals surface area contributed by atoms with Crippen molar-refractivity contribution in [3.63, 3.8) is 0 Å². The van der Waals surface area contributed by atoms with Crippen molar-refractivity contribution in [3.05, 3.63) is 59.2 Å². The molecule has 0 saturated heterocycles. The number of hydrogen-bond acceptors (Lipinski definition) is 7. The Morgan fingerprint density at radius 2 is 1.85 bits per heavy atom. The minimum absolute atomic E-state index is 0.0952. The predicted octanol–water partition coefficient (Wildman–Crippen LogP) is 1.30. The number of benzene rings is 2. The van der Waals surface area contributed by atoms with Crippen LogP contribution in [-0.4, -0.2) is 32.8 Å². The van der Waals surface area contributed by atoms with Crippen LogP contribution in [0.2, 0.25) is 0 Å². The Kier molecular flexibility index (Phi) is 5.81. The van der Waals surface area contributed by atoms with Gasteiger partial charge in [0.2, 0.25) is 0 Å². The number of carboxylic acids is 1. The van der Waals surface area contributed by atoms with Crippen LogP contribution in [0, 0.1) is 0 Å². The average Bonchev–Trinajstić information content (AvgIpc) is 2.62. The summed E-state index contributed by atoms with van der Waals surface area (Å²) in [6.07, 6.45) is 0.103. The summed E-state index contributed by atoms with van der Waals surface area (Å²) in [7, 11) is 0. The molecule has 0 heterocycles. The zero-order chi connectivity index (χ0) is 19.3. The van der Waals surface area contributed by atoms with Crippen LogP contribution < -0.4 is 11.3 Å². The Balaban J connectivity index is 2.08. The summed E-state index contributed by atoms with van der Waals surface area (Å²) in [6, 6.07) is 10.3. The van der Waals surface area contributed by atoms with E-state index in [1.54, 1.807) is 18.2 Å². The lowest BCUT2D eigenvalue weighted by Gasteiger charge is -2.26. The van der Waals surface area contributed by atoms with Gasteiger partial charge in [0, 0.05) is 6.42 Å². The van der Waals surface area contributed by atoms with Gasteiger partial charge in [-0.05, 0) is 42.3 Å². The second kappa shape index (κ2) is 7.85. The number of hydrogen-bond donors (Lipinski definition) is 5. The molecule has 8 nitrogen and oxygen atoms in total. The van der Waals surface area contributed by atoms with Crippen molar-refractivity contribution < 1.29 is 29.6 Å². The van der Waals surface area contributed by atoms with Gasteiger partial charge in [-0.1, -0.05) is 18.2 Å². The summed E-state index contributed by atoms with van der Waals surface area (Å²) in [4.78, 5) is 23.4. The van der Waals surface area contributed by atoms with Gasteiger partial charge < -0.3 is 20.1 Å². The van der Waals surface area contributed by atoms with Gasteiger partial charge in [0.25, 0.3) is 0 Å². The van der Waals surface area contributed by atoms with Gasteiger partial charge in [-0.15, -0.1) is 0 Å². The molecule has 2 rings (SSSR count). The highest BCUT2D eigenvalue weighted by Gasteiger charge is 2.34. The second-order valence-electron chi connectivity index (χ2n) is 6.06. The molecular weight excluding hydrogens is 340 g/mol. The van der Waals surface area contributed by atoms with Crippen LogP contribution in [0.15, 0.2) is 42.5 Å². The Bertz CT molecular complexity index is 823. The molecule has 6 N–H and O–H groups in total. The fraction of sp³-hybridized carbons (Fsp3) is 0.222. The summed E-state index contributed by atoms with van der Waals surface area (Å²) >= 11 is 0. The van der Waals surface area contributed by atoms with E-state index in [1.165, 1.54) is 31.2 Å². The minimum Gasteiger partial charge on any atom is -0.504 e. The third-order valence-electron chi connectivity index (χ3n) is 3.91. The van der Waals surface area contributed by atoms with Crippen molar-refractivity contribution in [1.82, 2.24) is 5.43 Å².